The summed E-state index contributed by atoms with van der Waals surface area (Å²) in [6.07, 6.45) is 44.4. The van der Waals surface area contributed by atoms with Crippen LogP contribution in [-0.2, 0) is 0 Å². The smallest absolute Gasteiger partial charge is 0.255 e. The highest BCUT2D eigenvalue weighted by atomic mass is 16.5. The minimum Gasteiger partial charge on any atom is -0.493 e. The van der Waals surface area contributed by atoms with E-state index in [4.69, 9.17) is 4.74 Å². The molecule has 0 aliphatic rings. The average molecular weight is 741 g/mol. The molecule has 0 aliphatic carbocycles. The number of amides is 2. The summed E-state index contributed by atoms with van der Waals surface area (Å²) < 4.78 is 6.12. The van der Waals surface area contributed by atoms with Crippen LogP contribution >= 0.6 is 0 Å². The van der Waals surface area contributed by atoms with Gasteiger partial charge in [0.2, 0.25) is 0 Å². The van der Waals surface area contributed by atoms with Crippen LogP contribution in [-0.4, -0.2) is 31.5 Å². The largest absolute Gasteiger partial charge is 0.493 e. The molecule has 0 fully saturated rings. The summed E-state index contributed by atoms with van der Waals surface area (Å²) in [5.41, 5.74) is 1.09. The zero-order valence-corrected chi connectivity index (χ0v) is 35.6. The molecule has 5 nitrogen and oxygen atoms in total. The van der Waals surface area contributed by atoms with Crippen LogP contribution in [0, 0.1) is 0 Å². The van der Waals surface area contributed by atoms with Gasteiger partial charge in [-0.15, -0.1) is 0 Å². The first-order valence-electron chi connectivity index (χ1n) is 23.5. The van der Waals surface area contributed by atoms with Gasteiger partial charge < -0.3 is 15.4 Å². The lowest BCUT2D eigenvalue weighted by atomic mass is 10.0. The summed E-state index contributed by atoms with van der Waals surface area (Å²) in [5.74, 6) is 0.328. The van der Waals surface area contributed by atoms with Crippen LogP contribution in [0.4, 0.5) is 0 Å². The van der Waals surface area contributed by atoms with E-state index in [1.54, 1.807) is 18.2 Å². The molecule has 0 aliphatic heterocycles. The first-order valence-corrected chi connectivity index (χ1v) is 23.5. The Balaban J connectivity index is 2.26. The lowest BCUT2D eigenvalue weighted by Gasteiger charge is -2.14. The van der Waals surface area contributed by atoms with Crippen LogP contribution < -0.4 is 15.4 Å². The summed E-state index contributed by atoms with van der Waals surface area (Å²) in [6, 6.07) is 5.31. The molecule has 0 heterocycles. The molecular formula is C48H88N2O3. The number of carbonyl (C=O) groups excluding carboxylic acids is 2. The molecule has 2 N–H and O–H groups in total. The highest BCUT2D eigenvalue weighted by molar-refractivity contribution is 6.00. The molecule has 1 aromatic rings. The quantitative estimate of drug-likeness (QED) is 0.0658. The van der Waals surface area contributed by atoms with Gasteiger partial charge in [0.1, 0.15) is 5.75 Å². The predicted molar refractivity (Wildman–Crippen MR) is 231 cm³/mol. The van der Waals surface area contributed by atoms with Crippen molar-refractivity contribution in [2.75, 3.05) is 19.7 Å². The summed E-state index contributed by atoms with van der Waals surface area (Å²) in [4.78, 5) is 26.2. The molecule has 1 aromatic carbocycles. The summed E-state index contributed by atoms with van der Waals surface area (Å²) in [5, 5.41) is 6.21. The number of carbonyl (C=O) groups is 2. The van der Waals surface area contributed by atoms with Gasteiger partial charge in [0, 0.05) is 18.7 Å². The van der Waals surface area contributed by atoms with Crippen LogP contribution in [0.3, 0.4) is 0 Å². The van der Waals surface area contributed by atoms with Crippen molar-refractivity contribution < 1.29 is 14.3 Å². The van der Waals surface area contributed by atoms with Crippen LogP contribution in [0.25, 0.3) is 0 Å². The monoisotopic (exact) mass is 741 g/mol. The molecule has 0 radical (unpaired) electrons. The number of benzene rings is 1. The maximum Gasteiger partial charge on any atom is 0.255 e. The van der Waals surface area contributed by atoms with Crippen LogP contribution in [0.5, 0.6) is 5.75 Å². The molecule has 0 bridgehead atoms. The summed E-state index contributed by atoms with van der Waals surface area (Å²) >= 11 is 0. The number of hydrogen-bond acceptors (Lipinski definition) is 3. The van der Waals surface area contributed by atoms with E-state index in [9.17, 15) is 9.59 Å². The van der Waals surface area contributed by atoms with Crippen molar-refractivity contribution in [3.8, 4) is 5.75 Å². The van der Waals surface area contributed by atoms with E-state index in [1.807, 2.05) is 0 Å². The fourth-order valence-electron chi connectivity index (χ4n) is 7.28. The second kappa shape index (κ2) is 38.2. The fourth-order valence-corrected chi connectivity index (χ4v) is 7.28. The number of nitrogens with one attached hydrogen (secondary N) is 2. The Labute approximate surface area is 329 Å². The Morgan fingerprint density at radius 3 is 1.11 bits per heavy atom. The van der Waals surface area contributed by atoms with Gasteiger partial charge in [-0.2, -0.15) is 0 Å². The molecule has 308 valence electrons. The average Bonchev–Trinajstić information content (AvgIpc) is 3.17. The first-order chi connectivity index (χ1) is 26.1. The summed E-state index contributed by atoms with van der Waals surface area (Å²) in [6.45, 7) is 8.68. The molecule has 2 amide bonds. The molecule has 0 atom stereocenters. The topological polar surface area (TPSA) is 67.4 Å². The van der Waals surface area contributed by atoms with Crippen molar-refractivity contribution in [3.05, 3.63) is 29.3 Å². The highest BCUT2D eigenvalue weighted by Gasteiger charge is 2.16. The van der Waals surface area contributed by atoms with Gasteiger partial charge >= 0.3 is 0 Å². The van der Waals surface area contributed by atoms with E-state index in [2.05, 4.69) is 31.4 Å². The van der Waals surface area contributed by atoms with E-state index in [0.29, 0.717) is 36.6 Å². The number of rotatable bonds is 40. The van der Waals surface area contributed by atoms with E-state index in [-0.39, 0.29) is 11.8 Å². The Hall–Kier alpha value is -2.04. The Kier molecular flexibility index (Phi) is 35.3. The van der Waals surface area contributed by atoms with Crippen LogP contribution in [0.2, 0.25) is 0 Å². The predicted octanol–water partition coefficient (Wildman–Crippen LogP) is 14.8. The normalized spacial score (nSPS) is 11.2. The Bertz CT molecular complexity index is 964. The van der Waals surface area contributed by atoms with Gasteiger partial charge in [-0.3, -0.25) is 9.59 Å². The molecule has 0 spiro atoms. The zero-order chi connectivity index (χ0) is 38.3. The van der Waals surface area contributed by atoms with Crippen LogP contribution in [0.15, 0.2) is 18.2 Å². The molecule has 0 unspecified atom stereocenters. The molecule has 53 heavy (non-hydrogen) atoms. The van der Waals surface area contributed by atoms with Crippen molar-refractivity contribution in [1.82, 2.24) is 10.6 Å². The minimum absolute atomic E-state index is 0.0871. The minimum atomic E-state index is -0.108. The number of unbranched alkanes of at least 4 members (excludes halogenated alkanes) is 31. The van der Waals surface area contributed by atoms with Crippen molar-refractivity contribution >= 4 is 11.8 Å². The summed E-state index contributed by atoms with van der Waals surface area (Å²) in [7, 11) is 0. The molecule has 1 rings (SSSR count). The lowest BCUT2D eigenvalue weighted by molar-refractivity contribution is 0.0937. The van der Waals surface area contributed by atoms with Gasteiger partial charge in [-0.05, 0) is 37.5 Å². The lowest BCUT2D eigenvalue weighted by Crippen LogP contribution is -2.26. The van der Waals surface area contributed by atoms with Crippen molar-refractivity contribution in [2.24, 2.45) is 0 Å². The highest BCUT2D eigenvalue weighted by Crippen LogP contribution is 2.22. The Morgan fingerprint density at radius 2 is 0.736 bits per heavy atom. The van der Waals surface area contributed by atoms with Gasteiger partial charge in [0.15, 0.2) is 0 Å². The standard InChI is InChI=1S/C48H88N2O3/c1-4-7-10-13-15-17-19-21-23-25-27-29-31-33-35-40-49-47(51)44-38-39-45(46(43-44)53-42-37-12-9-6-3)48(52)50-41-36-34-32-30-28-26-24-22-20-18-16-14-11-8-5-2/h38-39,43H,4-37,40-42H2,1-3H3,(H,49,51)(H,50,52). The van der Waals surface area contributed by atoms with Gasteiger partial charge in [0.05, 0.1) is 12.2 Å². The Morgan fingerprint density at radius 1 is 0.415 bits per heavy atom. The third-order valence-corrected chi connectivity index (χ3v) is 10.9. The third kappa shape index (κ3) is 29.9. The first kappa shape index (κ1) is 49.0. The molecule has 0 saturated heterocycles. The second-order valence-electron chi connectivity index (χ2n) is 16.0. The molecular weight excluding hydrogens is 653 g/mol. The molecule has 5 heteroatoms. The maximum absolute atomic E-state index is 13.2. The zero-order valence-electron chi connectivity index (χ0n) is 35.6. The molecule has 0 aromatic heterocycles. The van der Waals surface area contributed by atoms with Crippen molar-refractivity contribution in [3.63, 3.8) is 0 Å². The van der Waals surface area contributed by atoms with Crippen molar-refractivity contribution in [1.29, 1.82) is 0 Å². The van der Waals surface area contributed by atoms with Crippen molar-refractivity contribution in [2.45, 2.75) is 239 Å². The fraction of sp³-hybridized carbons (Fsp3) is 0.833. The third-order valence-electron chi connectivity index (χ3n) is 10.9. The van der Waals surface area contributed by atoms with Crippen LogP contribution in [0.1, 0.15) is 260 Å². The SMILES string of the molecule is CCCCCCCCCCCCCCCCCNC(=O)c1ccc(C(=O)NCCCCCCCCCCCCCCCCC)c(OCCCCCC)c1. The number of hydrogen-bond donors (Lipinski definition) is 2. The second-order valence-corrected chi connectivity index (χ2v) is 16.0. The maximum atomic E-state index is 13.2. The van der Waals surface area contributed by atoms with Gasteiger partial charge in [0.25, 0.3) is 11.8 Å². The van der Waals surface area contributed by atoms with Gasteiger partial charge in [-0.1, -0.05) is 220 Å². The van der Waals surface area contributed by atoms with E-state index >= 15 is 0 Å². The number of ether oxygens (including phenoxy) is 1. The van der Waals surface area contributed by atoms with E-state index in [1.165, 1.54) is 180 Å². The molecule has 0 saturated carbocycles. The van der Waals surface area contributed by atoms with Gasteiger partial charge in [-0.25, -0.2) is 0 Å². The van der Waals surface area contributed by atoms with E-state index in [0.717, 1.165) is 38.5 Å². The van der Waals surface area contributed by atoms with E-state index < -0.39 is 0 Å².